The number of aryl methyl sites for hydroxylation is 1. The Labute approximate surface area is 194 Å². The van der Waals surface area contributed by atoms with Crippen LogP contribution in [-0.4, -0.2) is 46.4 Å². The molecule has 2 aromatic heterocycles. The van der Waals surface area contributed by atoms with Gasteiger partial charge in [0.2, 0.25) is 21.8 Å². The first-order valence-corrected chi connectivity index (χ1v) is 12.1. The van der Waals surface area contributed by atoms with Crippen molar-refractivity contribution in [1.29, 1.82) is 0 Å². The molecule has 0 bridgehead atoms. The molecule has 0 atom stereocenters. The first kappa shape index (κ1) is 23.5. The van der Waals surface area contributed by atoms with Gasteiger partial charge in [-0.05, 0) is 41.3 Å². The van der Waals surface area contributed by atoms with E-state index in [0.29, 0.717) is 22.8 Å². The number of hydrogen-bond donors (Lipinski definition) is 4. The molecule has 34 heavy (non-hydrogen) atoms. The number of amides is 1. The normalized spacial score (nSPS) is 11.9. The summed E-state index contributed by atoms with van der Waals surface area (Å²) in [6, 6.07) is 7.85. The highest BCUT2D eigenvalue weighted by atomic mass is 32.2. The van der Waals surface area contributed by atoms with E-state index in [1.165, 1.54) is 16.7 Å². The quantitative estimate of drug-likeness (QED) is 0.313. The minimum absolute atomic E-state index is 0.148. The summed E-state index contributed by atoms with van der Waals surface area (Å²) >= 11 is 0. The molecular weight excluding hydrogens is 463 g/mol. The molecule has 0 radical (unpaired) electrons. The summed E-state index contributed by atoms with van der Waals surface area (Å²) < 4.78 is 37.0. The van der Waals surface area contributed by atoms with E-state index in [9.17, 15) is 27.8 Å². The van der Waals surface area contributed by atoms with Crippen LogP contribution in [0, 0.1) is 5.82 Å². The van der Waals surface area contributed by atoms with Gasteiger partial charge < -0.3 is 20.1 Å². The van der Waals surface area contributed by atoms with Gasteiger partial charge >= 0.3 is 0 Å². The number of phenolic OH excluding ortho intramolecular Hbond substituents is 1. The molecular formula is C23H23FN4O5S. The third-order valence-corrected chi connectivity index (χ3v) is 6.35. The monoisotopic (exact) mass is 486 g/mol. The summed E-state index contributed by atoms with van der Waals surface area (Å²) in [5.74, 6) is -1.59. The van der Waals surface area contributed by atoms with Gasteiger partial charge in [0.05, 0.1) is 17.6 Å². The molecule has 2 aromatic carbocycles. The molecule has 4 aromatic rings. The molecule has 9 nitrogen and oxygen atoms in total. The second-order valence-electron chi connectivity index (χ2n) is 8.12. The Balaban J connectivity index is 1.78. The number of aromatic nitrogens is 2. The predicted octanol–water partition coefficient (Wildman–Crippen LogP) is 1.81. The van der Waals surface area contributed by atoms with Crippen LogP contribution in [0.5, 0.6) is 11.6 Å². The number of nitrogens with one attached hydrogen (secondary N) is 1. The summed E-state index contributed by atoms with van der Waals surface area (Å²) in [4.78, 5) is 17.0. The Bertz CT molecular complexity index is 1510. The van der Waals surface area contributed by atoms with Crippen LogP contribution in [-0.2, 0) is 34.7 Å². The molecule has 0 aliphatic heterocycles. The molecule has 0 unspecified atom stereocenters. The summed E-state index contributed by atoms with van der Waals surface area (Å²) in [6.07, 6.45) is 3.47. The number of halogens is 1. The van der Waals surface area contributed by atoms with Crippen LogP contribution in [0.2, 0.25) is 0 Å². The van der Waals surface area contributed by atoms with Crippen LogP contribution in [0.25, 0.3) is 21.7 Å². The molecule has 178 valence electrons. The molecule has 0 spiro atoms. The summed E-state index contributed by atoms with van der Waals surface area (Å²) in [5.41, 5.74) is 2.35. The lowest BCUT2D eigenvalue weighted by Gasteiger charge is -2.13. The smallest absolute Gasteiger partial charge is 0.224 e. The van der Waals surface area contributed by atoms with Gasteiger partial charge in [0.15, 0.2) is 5.75 Å². The largest absolute Gasteiger partial charge is 0.505 e. The van der Waals surface area contributed by atoms with Gasteiger partial charge in [0, 0.05) is 36.8 Å². The zero-order valence-corrected chi connectivity index (χ0v) is 19.1. The van der Waals surface area contributed by atoms with Crippen molar-refractivity contribution in [3.05, 3.63) is 65.2 Å². The lowest BCUT2D eigenvalue weighted by molar-refractivity contribution is -0.120. The van der Waals surface area contributed by atoms with Gasteiger partial charge in [0.1, 0.15) is 11.3 Å². The van der Waals surface area contributed by atoms with E-state index in [1.807, 2.05) is 0 Å². The number of sulfonamides is 1. The lowest BCUT2D eigenvalue weighted by atomic mass is 9.96. The van der Waals surface area contributed by atoms with E-state index in [2.05, 4.69) is 10.3 Å². The van der Waals surface area contributed by atoms with Crippen molar-refractivity contribution in [2.45, 2.75) is 12.8 Å². The zero-order valence-electron chi connectivity index (χ0n) is 18.2. The Morgan fingerprint density at radius 3 is 2.56 bits per heavy atom. The molecule has 2 heterocycles. The predicted molar refractivity (Wildman–Crippen MR) is 125 cm³/mol. The number of fused-ring (bicyclic) bond motifs is 2. The lowest BCUT2D eigenvalue weighted by Crippen LogP contribution is -2.32. The number of nitrogens with zero attached hydrogens (tertiary/aromatic N) is 2. The summed E-state index contributed by atoms with van der Waals surface area (Å²) in [6.45, 7) is -0.148. The van der Waals surface area contributed by atoms with Gasteiger partial charge in [-0.1, -0.05) is 12.1 Å². The maximum absolute atomic E-state index is 13.2. The number of aromatic hydroxyl groups is 2. The Hall–Kier alpha value is -3.70. The van der Waals surface area contributed by atoms with Gasteiger partial charge in [-0.3, -0.25) is 9.78 Å². The molecule has 5 N–H and O–H groups in total. The third kappa shape index (κ3) is 4.80. The maximum Gasteiger partial charge on any atom is 0.224 e. The Morgan fingerprint density at radius 1 is 1.18 bits per heavy atom. The average molecular weight is 487 g/mol. The Kier molecular flexibility index (Phi) is 6.15. The molecule has 0 saturated carbocycles. The Morgan fingerprint density at radius 2 is 1.88 bits per heavy atom. The number of phenols is 1. The van der Waals surface area contributed by atoms with Crippen molar-refractivity contribution in [2.24, 2.45) is 12.2 Å². The fourth-order valence-corrected chi connectivity index (χ4v) is 4.34. The van der Waals surface area contributed by atoms with Crippen molar-refractivity contribution in [3.8, 4) is 11.6 Å². The SMILES string of the molecule is Cn1cc2c(CC(=O)NCCS(N)(=O)=O)c3cc(Cc4ccc(F)cc4)cnc3c(O)c2c1O. The van der Waals surface area contributed by atoms with Crippen LogP contribution in [0.15, 0.2) is 42.7 Å². The first-order chi connectivity index (χ1) is 16.0. The highest BCUT2D eigenvalue weighted by Gasteiger charge is 2.22. The van der Waals surface area contributed by atoms with E-state index >= 15 is 0 Å². The second kappa shape index (κ2) is 8.92. The van der Waals surface area contributed by atoms with Gasteiger partial charge in [-0.25, -0.2) is 17.9 Å². The highest BCUT2D eigenvalue weighted by Crippen LogP contribution is 2.42. The zero-order chi connectivity index (χ0) is 24.6. The van der Waals surface area contributed by atoms with E-state index in [-0.39, 0.29) is 41.3 Å². The van der Waals surface area contributed by atoms with E-state index in [4.69, 9.17) is 5.14 Å². The maximum atomic E-state index is 13.2. The number of pyridine rings is 1. The van der Waals surface area contributed by atoms with E-state index < -0.39 is 21.7 Å². The molecule has 0 fully saturated rings. The fourth-order valence-electron chi connectivity index (χ4n) is 3.95. The van der Waals surface area contributed by atoms with E-state index in [1.54, 1.807) is 37.6 Å². The molecule has 1 amide bonds. The summed E-state index contributed by atoms with van der Waals surface area (Å²) in [5, 5.41) is 30.0. The second-order valence-corrected chi connectivity index (χ2v) is 9.85. The van der Waals surface area contributed by atoms with Gasteiger partial charge in [-0.2, -0.15) is 0 Å². The standard InChI is InChI=1S/C23H23FN4O5S/c1-28-12-18-16(10-19(29)26-6-7-34(25,32)33)17-9-14(8-13-2-4-15(24)5-3-13)11-27-21(17)22(30)20(18)23(28)31/h2-5,9,11-12,30-31H,6-8,10H2,1H3,(H,26,29)(H2,25,32,33). The number of nitrogens with two attached hydrogens (primary N) is 1. The van der Waals surface area contributed by atoms with Crippen LogP contribution in [0.1, 0.15) is 16.7 Å². The molecule has 0 aliphatic rings. The highest BCUT2D eigenvalue weighted by molar-refractivity contribution is 7.89. The third-order valence-electron chi connectivity index (χ3n) is 5.57. The van der Waals surface area contributed by atoms with Gasteiger partial charge in [-0.15, -0.1) is 0 Å². The number of hydrogen-bond acceptors (Lipinski definition) is 6. The van der Waals surface area contributed by atoms with Crippen molar-refractivity contribution in [1.82, 2.24) is 14.9 Å². The average Bonchev–Trinajstić information content (AvgIpc) is 3.06. The van der Waals surface area contributed by atoms with Crippen molar-refractivity contribution in [2.75, 3.05) is 12.3 Å². The van der Waals surface area contributed by atoms with Crippen LogP contribution < -0.4 is 10.5 Å². The number of carbonyl (C=O) groups excluding carboxylic acids is 1. The number of benzene rings is 2. The van der Waals surface area contributed by atoms with Crippen LogP contribution >= 0.6 is 0 Å². The van der Waals surface area contributed by atoms with Crippen molar-refractivity contribution < 1.29 is 27.8 Å². The van der Waals surface area contributed by atoms with Crippen molar-refractivity contribution in [3.63, 3.8) is 0 Å². The topological polar surface area (TPSA) is 148 Å². The van der Waals surface area contributed by atoms with Crippen LogP contribution in [0.4, 0.5) is 4.39 Å². The number of primary sulfonamides is 1. The molecule has 0 aliphatic carbocycles. The minimum atomic E-state index is -3.73. The first-order valence-electron chi connectivity index (χ1n) is 10.4. The molecule has 11 heteroatoms. The number of carbonyl (C=O) groups is 1. The van der Waals surface area contributed by atoms with Crippen LogP contribution in [0.3, 0.4) is 0 Å². The fraction of sp³-hybridized carbons (Fsp3) is 0.217. The number of rotatable bonds is 7. The molecule has 4 rings (SSSR count). The van der Waals surface area contributed by atoms with Gasteiger partial charge in [0.25, 0.3) is 0 Å². The summed E-state index contributed by atoms with van der Waals surface area (Å²) in [7, 11) is -2.13. The van der Waals surface area contributed by atoms with Crippen molar-refractivity contribution >= 4 is 37.6 Å². The molecule has 0 saturated heterocycles. The minimum Gasteiger partial charge on any atom is -0.505 e. The van der Waals surface area contributed by atoms with E-state index in [0.717, 1.165) is 11.1 Å².